The van der Waals surface area contributed by atoms with Crippen molar-refractivity contribution in [2.24, 2.45) is 0 Å². The monoisotopic (exact) mass is 448 g/mol. The fourth-order valence-electron chi connectivity index (χ4n) is 3.63. The van der Waals surface area contributed by atoms with Crippen LogP contribution in [-0.2, 0) is 4.79 Å². The number of para-hydroxylation sites is 1. The summed E-state index contributed by atoms with van der Waals surface area (Å²) in [4.78, 5) is 12.5. The second-order valence-corrected chi connectivity index (χ2v) is 7.81. The Kier molecular flexibility index (Phi) is 6.90. The molecule has 0 saturated heterocycles. The molecule has 0 fully saturated rings. The van der Waals surface area contributed by atoms with Gasteiger partial charge < -0.3 is 14.8 Å². The normalized spacial score (nSPS) is 11.0. The number of fused-ring (bicyclic) bond motifs is 1. The van der Waals surface area contributed by atoms with Gasteiger partial charge >= 0.3 is 0 Å². The molecule has 0 spiro atoms. The van der Waals surface area contributed by atoms with E-state index < -0.39 is 0 Å². The van der Waals surface area contributed by atoms with Crippen molar-refractivity contribution in [2.45, 2.75) is 6.92 Å². The van der Waals surface area contributed by atoms with Crippen molar-refractivity contribution in [3.8, 4) is 17.6 Å². The van der Waals surface area contributed by atoms with E-state index in [0.29, 0.717) is 28.3 Å². The Labute approximate surface area is 198 Å². The van der Waals surface area contributed by atoms with Gasteiger partial charge in [-0.3, -0.25) is 4.79 Å². The van der Waals surface area contributed by atoms with Crippen molar-refractivity contribution in [3.63, 3.8) is 0 Å². The molecule has 5 heteroatoms. The number of amides is 1. The minimum absolute atomic E-state index is 0.201. The third-order valence-electron chi connectivity index (χ3n) is 5.39. The lowest BCUT2D eigenvalue weighted by atomic mass is 10.00. The molecule has 34 heavy (non-hydrogen) atoms. The zero-order chi connectivity index (χ0) is 23.9. The molecule has 1 N–H and O–H groups in total. The molecule has 0 heterocycles. The first-order valence-corrected chi connectivity index (χ1v) is 10.8. The molecular weight excluding hydrogens is 424 g/mol. The van der Waals surface area contributed by atoms with E-state index in [1.807, 2.05) is 85.8 Å². The molecule has 0 unspecified atom stereocenters. The molecule has 4 aromatic rings. The quantitative estimate of drug-likeness (QED) is 0.268. The number of hydrogen-bond acceptors (Lipinski definition) is 4. The number of nitrogens with one attached hydrogen (secondary N) is 1. The molecular formula is C29H24N2O3. The Morgan fingerprint density at radius 1 is 0.971 bits per heavy atom. The van der Waals surface area contributed by atoms with Crippen LogP contribution in [0.25, 0.3) is 22.4 Å². The lowest BCUT2D eigenvalue weighted by molar-refractivity contribution is -0.118. The zero-order valence-electron chi connectivity index (χ0n) is 19.0. The van der Waals surface area contributed by atoms with Gasteiger partial charge in [-0.1, -0.05) is 66.2 Å². The van der Waals surface area contributed by atoms with Gasteiger partial charge in [-0.25, -0.2) is 0 Å². The fraction of sp³-hybridized carbons (Fsp3) is 0.103. The summed E-state index contributed by atoms with van der Waals surface area (Å²) in [6.07, 6.45) is 1.75. The predicted molar refractivity (Wildman–Crippen MR) is 136 cm³/mol. The third kappa shape index (κ3) is 5.25. The van der Waals surface area contributed by atoms with Crippen LogP contribution in [0.4, 0.5) is 5.69 Å². The number of ether oxygens (including phenoxy) is 2. The van der Waals surface area contributed by atoms with Gasteiger partial charge in [-0.15, -0.1) is 0 Å². The first-order valence-electron chi connectivity index (χ1n) is 10.8. The highest BCUT2D eigenvalue weighted by Gasteiger charge is 2.13. The average molecular weight is 449 g/mol. The Morgan fingerprint density at radius 2 is 1.74 bits per heavy atom. The van der Waals surface area contributed by atoms with E-state index in [-0.39, 0.29) is 12.5 Å². The molecule has 0 radical (unpaired) electrons. The largest absolute Gasteiger partial charge is 0.493 e. The van der Waals surface area contributed by atoms with Crippen molar-refractivity contribution in [1.82, 2.24) is 0 Å². The number of aryl methyl sites for hydroxylation is 1. The highest BCUT2D eigenvalue weighted by molar-refractivity contribution is 5.95. The minimum Gasteiger partial charge on any atom is -0.493 e. The van der Waals surface area contributed by atoms with Crippen molar-refractivity contribution < 1.29 is 14.3 Å². The van der Waals surface area contributed by atoms with Crippen molar-refractivity contribution >= 4 is 34.0 Å². The Morgan fingerprint density at radius 3 is 2.47 bits per heavy atom. The van der Waals surface area contributed by atoms with Crippen LogP contribution >= 0.6 is 0 Å². The minimum atomic E-state index is -0.292. The molecule has 0 aliphatic rings. The standard InChI is InChI=1S/C29H24N2O3/c1-20-10-14-26(15-11-20)31-28(32)19-34-29-24(8-5-9-27(29)33-2)17-25(18-30)23-13-12-21-6-3-4-7-22(21)16-23/h3-17H,19H2,1-2H3,(H,31,32)/b25-17-. The van der Waals surface area contributed by atoms with E-state index in [4.69, 9.17) is 9.47 Å². The van der Waals surface area contributed by atoms with Crippen molar-refractivity contribution in [2.75, 3.05) is 19.0 Å². The van der Waals surface area contributed by atoms with Crippen LogP contribution in [-0.4, -0.2) is 19.6 Å². The second kappa shape index (κ2) is 10.4. The van der Waals surface area contributed by atoms with Gasteiger partial charge in [-0.2, -0.15) is 5.26 Å². The van der Waals surface area contributed by atoms with Gasteiger partial charge in [0.2, 0.25) is 0 Å². The molecule has 0 aromatic heterocycles. The molecule has 0 saturated carbocycles. The van der Waals surface area contributed by atoms with E-state index in [1.165, 1.54) is 7.11 Å². The molecule has 0 bridgehead atoms. The van der Waals surface area contributed by atoms with E-state index in [2.05, 4.69) is 11.4 Å². The highest BCUT2D eigenvalue weighted by atomic mass is 16.5. The van der Waals surface area contributed by atoms with Gasteiger partial charge in [0, 0.05) is 11.3 Å². The molecule has 0 aliphatic carbocycles. The summed E-state index contributed by atoms with van der Waals surface area (Å²) < 4.78 is 11.3. The summed E-state index contributed by atoms with van der Waals surface area (Å²) in [7, 11) is 1.54. The van der Waals surface area contributed by atoms with Crippen LogP contribution in [0.3, 0.4) is 0 Å². The number of methoxy groups -OCH3 is 1. The van der Waals surface area contributed by atoms with E-state index in [0.717, 1.165) is 21.9 Å². The first-order chi connectivity index (χ1) is 16.6. The fourth-order valence-corrected chi connectivity index (χ4v) is 3.63. The molecule has 4 rings (SSSR count). The number of anilines is 1. The summed E-state index contributed by atoms with van der Waals surface area (Å²) >= 11 is 0. The SMILES string of the molecule is COc1cccc(/C=C(/C#N)c2ccc3ccccc3c2)c1OCC(=O)Nc1ccc(C)cc1. The predicted octanol–water partition coefficient (Wildman–Crippen LogP) is 6.24. The van der Waals surface area contributed by atoms with Gasteiger partial charge in [-0.05, 0) is 53.6 Å². The van der Waals surface area contributed by atoms with Crippen LogP contribution in [0.1, 0.15) is 16.7 Å². The smallest absolute Gasteiger partial charge is 0.262 e. The number of carbonyl (C=O) groups excluding carboxylic acids is 1. The van der Waals surface area contributed by atoms with Gasteiger partial charge in [0.1, 0.15) is 0 Å². The molecule has 0 aliphatic heterocycles. The van der Waals surface area contributed by atoms with Gasteiger partial charge in [0.15, 0.2) is 18.1 Å². The van der Waals surface area contributed by atoms with Crippen molar-refractivity contribution in [3.05, 3.63) is 102 Å². The molecule has 5 nitrogen and oxygen atoms in total. The number of carbonyl (C=O) groups is 1. The summed E-state index contributed by atoms with van der Waals surface area (Å²) in [5.41, 5.74) is 3.73. The maximum atomic E-state index is 12.5. The van der Waals surface area contributed by atoms with Crippen molar-refractivity contribution in [1.29, 1.82) is 5.26 Å². The molecule has 168 valence electrons. The van der Waals surface area contributed by atoms with E-state index in [1.54, 1.807) is 12.1 Å². The number of nitriles is 1. The number of nitrogens with zero attached hydrogens (tertiary/aromatic N) is 1. The maximum absolute atomic E-state index is 12.5. The zero-order valence-corrected chi connectivity index (χ0v) is 19.0. The first kappa shape index (κ1) is 22.6. The Balaban J connectivity index is 1.60. The summed E-state index contributed by atoms with van der Waals surface area (Å²) in [6, 6.07) is 29.1. The Hall–Kier alpha value is -4.56. The topological polar surface area (TPSA) is 71.3 Å². The van der Waals surface area contributed by atoms with Crippen LogP contribution < -0.4 is 14.8 Å². The van der Waals surface area contributed by atoms with Crippen LogP contribution in [0, 0.1) is 18.3 Å². The second-order valence-electron chi connectivity index (χ2n) is 7.81. The highest BCUT2D eigenvalue weighted by Crippen LogP contribution is 2.34. The average Bonchev–Trinajstić information content (AvgIpc) is 2.87. The lowest BCUT2D eigenvalue weighted by Crippen LogP contribution is -2.20. The van der Waals surface area contributed by atoms with E-state index >= 15 is 0 Å². The summed E-state index contributed by atoms with van der Waals surface area (Å²) in [6.45, 7) is 1.78. The number of rotatable bonds is 7. The van der Waals surface area contributed by atoms with Gasteiger partial charge in [0.05, 0.1) is 18.8 Å². The lowest BCUT2D eigenvalue weighted by Gasteiger charge is -2.14. The summed E-state index contributed by atoms with van der Waals surface area (Å²) in [5.74, 6) is 0.588. The maximum Gasteiger partial charge on any atom is 0.262 e. The number of allylic oxidation sites excluding steroid dienone is 1. The molecule has 0 atom stereocenters. The number of hydrogen-bond donors (Lipinski definition) is 1. The van der Waals surface area contributed by atoms with Gasteiger partial charge in [0.25, 0.3) is 5.91 Å². The third-order valence-corrected chi connectivity index (χ3v) is 5.39. The molecule has 4 aromatic carbocycles. The van der Waals surface area contributed by atoms with E-state index in [9.17, 15) is 10.1 Å². The van der Waals surface area contributed by atoms with Crippen LogP contribution in [0.15, 0.2) is 84.9 Å². The van der Waals surface area contributed by atoms with Crippen LogP contribution in [0.2, 0.25) is 0 Å². The van der Waals surface area contributed by atoms with Crippen LogP contribution in [0.5, 0.6) is 11.5 Å². The Bertz CT molecular complexity index is 1400. The summed E-state index contributed by atoms with van der Waals surface area (Å²) in [5, 5.41) is 14.9. The molecule has 1 amide bonds. The number of benzene rings is 4.